The van der Waals surface area contributed by atoms with Gasteiger partial charge < -0.3 is 14.7 Å². The normalized spacial score (nSPS) is 10.5. The van der Waals surface area contributed by atoms with E-state index in [1.807, 2.05) is 18.7 Å². The number of aromatic carboxylic acids is 1. The van der Waals surface area contributed by atoms with Gasteiger partial charge in [0, 0.05) is 24.6 Å². The molecule has 6 heteroatoms. The molecule has 0 saturated heterocycles. The van der Waals surface area contributed by atoms with Gasteiger partial charge in [-0.2, -0.15) is 0 Å². The van der Waals surface area contributed by atoms with Gasteiger partial charge in [0.15, 0.2) is 10.8 Å². The molecule has 1 rings (SSSR count). The zero-order valence-corrected chi connectivity index (χ0v) is 11.2. The first-order valence-corrected chi connectivity index (χ1v) is 6.45. The fourth-order valence-corrected chi connectivity index (χ4v) is 2.41. The Hall–Kier alpha value is -1.14. The molecule has 5 nitrogen and oxygen atoms in total. The Labute approximate surface area is 105 Å². The highest BCUT2D eigenvalue weighted by atomic mass is 32.1. The fourth-order valence-electron chi connectivity index (χ4n) is 1.42. The molecule has 1 aromatic rings. The van der Waals surface area contributed by atoms with Gasteiger partial charge in [0.25, 0.3) is 0 Å². The molecule has 1 aromatic heterocycles. The van der Waals surface area contributed by atoms with Crippen LogP contribution in [0.15, 0.2) is 0 Å². The van der Waals surface area contributed by atoms with Crippen LogP contribution in [0.3, 0.4) is 0 Å². The SMILES string of the molecule is CCOCCN(CC)c1nc(C(=O)O)c(C)s1. The summed E-state index contributed by atoms with van der Waals surface area (Å²) in [5, 5.41) is 9.70. The molecule has 0 aliphatic rings. The molecular weight excluding hydrogens is 240 g/mol. The molecule has 17 heavy (non-hydrogen) atoms. The van der Waals surface area contributed by atoms with Gasteiger partial charge in [-0.1, -0.05) is 0 Å². The number of nitrogens with zero attached hydrogens (tertiary/aromatic N) is 2. The van der Waals surface area contributed by atoms with Crippen LogP contribution in [-0.2, 0) is 4.74 Å². The number of aromatic nitrogens is 1. The van der Waals surface area contributed by atoms with Crippen LogP contribution in [0.5, 0.6) is 0 Å². The number of thiazole rings is 1. The van der Waals surface area contributed by atoms with Crippen molar-refractivity contribution in [1.29, 1.82) is 0 Å². The maximum absolute atomic E-state index is 10.9. The average molecular weight is 258 g/mol. The average Bonchev–Trinajstić information content (AvgIpc) is 2.67. The smallest absolute Gasteiger partial charge is 0.355 e. The quantitative estimate of drug-likeness (QED) is 0.758. The summed E-state index contributed by atoms with van der Waals surface area (Å²) in [6.07, 6.45) is 0. The van der Waals surface area contributed by atoms with E-state index in [2.05, 4.69) is 4.98 Å². The lowest BCUT2D eigenvalue weighted by Crippen LogP contribution is -2.27. The van der Waals surface area contributed by atoms with Crippen LogP contribution in [-0.4, -0.2) is 42.4 Å². The molecule has 0 unspecified atom stereocenters. The number of anilines is 1. The fraction of sp³-hybridized carbons (Fsp3) is 0.636. The molecule has 96 valence electrons. The molecule has 0 spiro atoms. The lowest BCUT2D eigenvalue weighted by Gasteiger charge is -2.19. The minimum Gasteiger partial charge on any atom is -0.476 e. The van der Waals surface area contributed by atoms with E-state index in [0.29, 0.717) is 13.2 Å². The summed E-state index contributed by atoms with van der Waals surface area (Å²) in [6, 6.07) is 0. The minimum absolute atomic E-state index is 0.153. The molecule has 0 aliphatic carbocycles. The Morgan fingerprint density at radius 3 is 2.71 bits per heavy atom. The molecule has 0 atom stereocenters. The zero-order chi connectivity index (χ0) is 12.8. The Kier molecular flexibility index (Phi) is 5.37. The maximum Gasteiger partial charge on any atom is 0.355 e. The minimum atomic E-state index is -0.967. The molecule has 0 fully saturated rings. The van der Waals surface area contributed by atoms with Crippen LogP contribution in [0.25, 0.3) is 0 Å². The second-order valence-electron chi connectivity index (χ2n) is 3.48. The lowest BCUT2D eigenvalue weighted by molar-refractivity contribution is 0.0690. The first-order valence-electron chi connectivity index (χ1n) is 5.63. The summed E-state index contributed by atoms with van der Waals surface area (Å²) in [5.74, 6) is -0.967. The third-order valence-electron chi connectivity index (χ3n) is 2.35. The Balaban J connectivity index is 2.74. The van der Waals surface area contributed by atoms with Crippen LogP contribution in [0, 0.1) is 6.92 Å². The summed E-state index contributed by atoms with van der Waals surface area (Å²) in [4.78, 5) is 17.8. The molecule has 0 aliphatic heterocycles. The van der Waals surface area contributed by atoms with Gasteiger partial charge in [0.05, 0.1) is 6.61 Å². The summed E-state index contributed by atoms with van der Waals surface area (Å²) in [7, 11) is 0. The molecular formula is C11H18N2O3S. The van der Waals surface area contributed by atoms with E-state index >= 15 is 0 Å². The standard InChI is InChI=1S/C11H18N2O3S/c1-4-13(6-7-16-5-2)11-12-9(10(14)15)8(3)17-11/h4-7H2,1-3H3,(H,14,15). The largest absolute Gasteiger partial charge is 0.476 e. The maximum atomic E-state index is 10.9. The molecule has 0 saturated carbocycles. The van der Waals surface area contributed by atoms with E-state index in [0.717, 1.165) is 23.1 Å². The van der Waals surface area contributed by atoms with Crippen LogP contribution in [0.4, 0.5) is 5.13 Å². The van der Waals surface area contributed by atoms with Crippen molar-refractivity contribution in [3.05, 3.63) is 10.6 Å². The van der Waals surface area contributed by atoms with E-state index in [4.69, 9.17) is 9.84 Å². The highest BCUT2D eigenvalue weighted by molar-refractivity contribution is 7.15. The molecule has 0 amide bonds. The second-order valence-corrected chi connectivity index (χ2v) is 4.66. The van der Waals surface area contributed by atoms with E-state index in [1.165, 1.54) is 11.3 Å². The van der Waals surface area contributed by atoms with Gasteiger partial charge >= 0.3 is 5.97 Å². The van der Waals surface area contributed by atoms with Gasteiger partial charge in [-0.05, 0) is 20.8 Å². The summed E-state index contributed by atoms with van der Waals surface area (Å²) < 4.78 is 5.29. The van der Waals surface area contributed by atoms with Gasteiger partial charge in [0.2, 0.25) is 0 Å². The molecule has 0 aromatic carbocycles. The van der Waals surface area contributed by atoms with Crippen LogP contribution < -0.4 is 4.90 Å². The number of carboxylic acid groups (broad SMARTS) is 1. The van der Waals surface area contributed by atoms with Gasteiger partial charge in [-0.25, -0.2) is 9.78 Å². The highest BCUT2D eigenvalue weighted by Crippen LogP contribution is 2.25. The topological polar surface area (TPSA) is 62.7 Å². The number of rotatable bonds is 7. The molecule has 0 radical (unpaired) electrons. The van der Waals surface area contributed by atoms with Crippen LogP contribution in [0.2, 0.25) is 0 Å². The third-order valence-corrected chi connectivity index (χ3v) is 3.38. The number of hydrogen-bond donors (Lipinski definition) is 1. The number of ether oxygens (including phenoxy) is 1. The van der Waals surface area contributed by atoms with Crippen molar-refractivity contribution in [3.8, 4) is 0 Å². The molecule has 1 heterocycles. The number of aryl methyl sites for hydroxylation is 1. The van der Waals surface area contributed by atoms with E-state index in [1.54, 1.807) is 6.92 Å². The predicted octanol–water partition coefficient (Wildman–Crippen LogP) is 2.01. The van der Waals surface area contributed by atoms with Crippen molar-refractivity contribution in [1.82, 2.24) is 4.98 Å². The Morgan fingerprint density at radius 1 is 1.53 bits per heavy atom. The van der Waals surface area contributed by atoms with Crippen molar-refractivity contribution < 1.29 is 14.6 Å². The van der Waals surface area contributed by atoms with E-state index in [-0.39, 0.29) is 5.69 Å². The number of carboxylic acids is 1. The lowest BCUT2D eigenvalue weighted by atomic mass is 10.4. The summed E-state index contributed by atoms with van der Waals surface area (Å²) >= 11 is 1.41. The highest BCUT2D eigenvalue weighted by Gasteiger charge is 2.17. The summed E-state index contributed by atoms with van der Waals surface area (Å²) in [6.45, 7) is 8.59. The van der Waals surface area contributed by atoms with Crippen molar-refractivity contribution in [2.45, 2.75) is 20.8 Å². The van der Waals surface area contributed by atoms with Crippen LogP contribution in [0.1, 0.15) is 29.2 Å². The third kappa shape index (κ3) is 3.67. The Bertz CT molecular complexity index is 379. The van der Waals surface area contributed by atoms with Gasteiger partial charge in [-0.3, -0.25) is 0 Å². The van der Waals surface area contributed by atoms with Crippen LogP contribution >= 0.6 is 11.3 Å². The first kappa shape index (κ1) is 13.9. The predicted molar refractivity (Wildman–Crippen MR) is 68.2 cm³/mol. The Morgan fingerprint density at radius 2 is 2.24 bits per heavy atom. The van der Waals surface area contributed by atoms with Gasteiger partial charge in [0.1, 0.15) is 0 Å². The molecule has 1 N–H and O–H groups in total. The second kappa shape index (κ2) is 6.56. The zero-order valence-electron chi connectivity index (χ0n) is 10.4. The van der Waals surface area contributed by atoms with Gasteiger partial charge in [-0.15, -0.1) is 11.3 Å². The first-order chi connectivity index (χ1) is 8.10. The van der Waals surface area contributed by atoms with E-state index < -0.39 is 5.97 Å². The number of likely N-dealkylation sites (N-methyl/N-ethyl adjacent to an activating group) is 1. The molecule has 0 bridgehead atoms. The van der Waals surface area contributed by atoms with Crippen molar-refractivity contribution in [3.63, 3.8) is 0 Å². The van der Waals surface area contributed by atoms with Crippen molar-refractivity contribution in [2.24, 2.45) is 0 Å². The number of carbonyl (C=O) groups is 1. The number of hydrogen-bond acceptors (Lipinski definition) is 5. The van der Waals surface area contributed by atoms with Crippen molar-refractivity contribution >= 4 is 22.4 Å². The van der Waals surface area contributed by atoms with E-state index in [9.17, 15) is 4.79 Å². The van der Waals surface area contributed by atoms with Crippen molar-refractivity contribution in [2.75, 3.05) is 31.2 Å². The summed E-state index contributed by atoms with van der Waals surface area (Å²) in [5.41, 5.74) is 0.153. The monoisotopic (exact) mass is 258 g/mol.